The number of hydrogen-bond acceptors (Lipinski definition) is 3. The Bertz CT molecular complexity index is 439. The van der Waals surface area contributed by atoms with Crippen molar-refractivity contribution in [2.75, 3.05) is 13.1 Å². The van der Waals surface area contributed by atoms with E-state index in [9.17, 15) is 0 Å². The minimum Gasteiger partial charge on any atom is -0.329 e. The number of hydrogen-bond donors (Lipinski definition) is 1. The van der Waals surface area contributed by atoms with Crippen LogP contribution in [-0.4, -0.2) is 33.8 Å². The lowest BCUT2D eigenvalue weighted by Crippen LogP contribution is -2.46. The SMILES string of the molecule is Cc1c(C(CN)N2CCCC3CCCC32)cnn1C. The molecule has 0 aromatic carbocycles. The molecule has 1 aliphatic heterocycles. The van der Waals surface area contributed by atoms with E-state index in [-0.39, 0.29) is 0 Å². The zero-order valence-corrected chi connectivity index (χ0v) is 12.2. The van der Waals surface area contributed by atoms with Crippen LogP contribution in [0.25, 0.3) is 0 Å². The molecule has 4 nitrogen and oxygen atoms in total. The Morgan fingerprint density at radius 1 is 1.37 bits per heavy atom. The van der Waals surface area contributed by atoms with Gasteiger partial charge in [-0.1, -0.05) is 6.42 Å². The van der Waals surface area contributed by atoms with Crippen LogP contribution in [0.3, 0.4) is 0 Å². The third kappa shape index (κ3) is 2.21. The number of rotatable bonds is 3. The third-order valence-corrected chi connectivity index (χ3v) is 5.29. The summed E-state index contributed by atoms with van der Waals surface area (Å²) in [7, 11) is 2.01. The maximum absolute atomic E-state index is 6.12. The highest BCUT2D eigenvalue weighted by molar-refractivity contribution is 5.22. The highest BCUT2D eigenvalue weighted by Gasteiger charge is 2.38. The summed E-state index contributed by atoms with van der Waals surface area (Å²) in [6.45, 7) is 4.06. The molecular formula is C15H26N4. The average molecular weight is 262 g/mol. The van der Waals surface area contributed by atoms with Gasteiger partial charge in [0, 0.05) is 30.9 Å². The van der Waals surface area contributed by atoms with Gasteiger partial charge in [0.15, 0.2) is 0 Å². The Morgan fingerprint density at radius 3 is 2.84 bits per heavy atom. The van der Waals surface area contributed by atoms with Gasteiger partial charge in [-0.2, -0.15) is 5.10 Å². The lowest BCUT2D eigenvalue weighted by Gasteiger charge is -2.42. The molecule has 0 bridgehead atoms. The van der Waals surface area contributed by atoms with Crippen LogP contribution in [-0.2, 0) is 7.05 Å². The van der Waals surface area contributed by atoms with Gasteiger partial charge in [-0.25, -0.2) is 0 Å². The molecule has 0 radical (unpaired) electrons. The maximum Gasteiger partial charge on any atom is 0.0540 e. The zero-order chi connectivity index (χ0) is 13.4. The molecule has 0 spiro atoms. The first-order valence-electron chi connectivity index (χ1n) is 7.66. The van der Waals surface area contributed by atoms with Crippen LogP contribution >= 0.6 is 0 Å². The first-order valence-corrected chi connectivity index (χ1v) is 7.66. The highest BCUT2D eigenvalue weighted by Crippen LogP contribution is 2.40. The van der Waals surface area contributed by atoms with Gasteiger partial charge in [-0.05, 0) is 45.1 Å². The maximum atomic E-state index is 6.12. The van der Waals surface area contributed by atoms with Gasteiger partial charge in [0.05, 0.1) is 12.2 Å². The third-order valence-electron chi connectivity index (χ3n) is 5.29. The van der Waals surface area contributed by atoms with E-state index in [4.69, 9.17) is 5.73 Å². The van der Waals surface area contributed by atoms with Gasteiger partial charge in [-0.15, -0.1) is 0 Å². The summed E-state index contributed by atoms with van der Waals surface area (Å²) in [6, 6.07) is 1.13. The molecule has 1 aromatic rings. The van der Waals surface area contributed by atoms with E-state index in [1.807, 2.05) is 17.9 Å². The number of likely N-dealkylation sites (tertiary alicyclic amines) is 1. The summed E-state index contributed by atoms with van der Waals surface area (Å²) in [6.07, 6.45) is 8.95. The molecule has 1 saturated heterocycles. The van der Waals surface area contributed by atoms with E-state index in [1.165, 1.54) is 49.9 Å². The smallest absolute Gasteiger partial charge is 0.0540 e. The number of aromatic nitrogens is 2. The van der Waals surface area contributed by atoms with E-state index in [1.54, 1.807) is 0 Å². The normalized spacial score (nSPS) is 29.4. The van der Waals surface area contributed by atoms with Gasteiger partial charge >= 0.3 is 0 Å². The topological polar surface area (TPSA) is 47.1 Å². The van der Waals surface area contributed by atoms with Crippen molar-refractivity contribution < 1.29 is 0 Å². The fourth-order valence-electron chi connectivity index (χ4n) is 4.16. The largest absolute Gasteiger partial charge is 0.329 e. The van der Waals surface area contributed by atoms with Crippen molar-refractivity contribution in [1.82, 2.24) is 14.7 Å². The second-order valence-corrected chi connectivity index (χ2v) is 6.20. The molecule has 1 aromatic heterocycles. The Balaban J connectivity index is 1.87. The summed E-state index contributed by atoms with van der Waals surface area (Å²) in [4.78, 5) is 2.69. The Hall–Kier alpha value is -0.870. The standard InChI is InChI=1S/C15H26N4/c1-11-13(10-17-18(11)2)15(9-16)19-8-4-6-12-5-3-7-14(12)19/h10,12,14-15H,3-9,16H2,1-2H3. The van der Waals surface area contributed by atoms with Crippen LogP contribution in [0.1, 0.15) is 49.4 Å². The predicted octanol–water partition coefficient (Wildman–Crippen LogP) is 1.99. The number of piperidine rings is 1. The second-order valence-electron chi connectivity index (χ2n) is 6.20. The number of nitrogens with two attached hydrogens (primary N) is 1. The van der Waals surface area contributed by atoms with Crippen molar-refractivity contribution in [1.29, 1.82) is 0 Å². The fraction of sp³-hybridized carbons (Fsp3) is 0.800. The van der Waals surface area contributed by atoms with Crippen LogP contribution in [0.4, 0.5) is 0 Å². The molecule has 2 N–H and O–H groups in total. The van der Waals surface area contributed by atoms with Crippen molar-refractivity contribution in [3.8, 4) is 0 Å². The zero-order valence-electron chi connectivity index (χ0n) is 12.2. The van der Waals surface area contributed by atoms with E-state index in [2.05, 4.69) is 16.9 Å². The van der Waals surface area contributed by atoms with Crippen molar-refractivity contribution >= 4 is 0 Å². The van der Waals surface area contributed by atoms with Crippen molar-refractivity contribution in [2.24, 2.45) is 18.7 Å². The minimum absolute atomic E-state index is 0.361. The molecule has 1 aliphatic carbocycles. The molecule has 3 atom stereocenters. The van der Waals surface area contributed by atoms with Crippen LogP contribution in [0.5, 0.6) is 0 Å². The molecule has 1 saturated carbocycles. The molecule has 19 heavy (non-hydrogen) atoms. The molecule has 4 heteroatoms. The van der Waals surface area contributed by atoms with Crippen molar-refractivity contribution in [3.05, 3.63) is 17.5 Å². The quantitative estimate of drug-likeness (QED) is 0.906. The molecule has 3 rings (SSSR count). The van der Waals surface area contributed by atoms with Gasteiger partial charge in [-0.3, -0.25) is 9.58 Å². The van der Waals surface area contributed by atoms with Crippen LogP contribution < -0.4 is 5.73 Å². The predicted molar refractivity (Wildman–Crippen MR) is 76.8 cm³/mol. The number of fused-ring (bicyclic) bond motifs is 1. The Morgan fingerprint density at radius 2 is 2.16 bits per heavy atom. The van der Waals surface area contributed by atoms with Crippen LogP contribution in [0.2, 0.25) is 0 Å². The van der Waals surface area contributed by atoms with Gasteiger partial charge < -0.3 is 5.73 Å². The van der Waals surface area contributed by atoms with E-state index < -0.39 is 0 Å². The molecule has 2 fully saturated rings. The van der Waals surface area contributed by atoms with Crippen LogP contribution in [0.15, 0.2) is 6.20 Å². The first-order chi connectivity index (χ1) is 9.22. The molecule has 0 amide bonds. The Labute approximate surface area is 116 Å². The summed E-state index contributed by atoms with van der Waals surface area (Å²) < 4.78 is 1.97. The van der Waals surface area contributed by atoms with Gasteiger partial charge in [0.1, 0.15) is 0 Å². The van der Waals surface area contributed by atoms with E-state index in [0.717, 1.165) is 12.0 Å². The van der Waals surface area contributed by atoms with E-state index in [0.29, 0.717) is 12.6 Å². The van der Waals surface area contributed by atoms with Gasteiger partial charge in [0.25, 0.3) is 0 Å². The molecule has 106 valence electrons. The average Bonchev–Trinajstić information content (AvgIpc) is 3.01. The van der Waals surface area contributed by atoms with Crippen molar-refractivity contribution in [2.45, 2.75) is 51.1 Å². The molecule has 2 aliphatic rings. The summed E-state index contributed by atoms with van der Waals surface area (Å²) >= 11 is 0. The lowest BCUT2D eigenvalue weighted by atomic mass is 9.89. The number of aryl methyl sites for hydroxylation is 1. The van der Waals surface area contributed by atoms with Crippen LogP contribution in [0, 0.1) is 12.8 Å². The summed E-state index contributed by atoms with van der Waals surface area (Å²) in [5.74, 6) is 0.916. The molecular weight excluding hydrogens is 236 g/mol. The lowest BCUT2D eigenvalue weighted by molar-refractivity contribution is 0.0698. The first kappa shape index (κ1) is 13.1. The van der Waals surface area contributed by atoms with E-state index >= 15 is 0 Å². The second kappa shape index (κ2) is 5.25. The fourth-order valence-corrected chi connectivity index (χ4v) is 4.16. The monoisotopic (exact) mass is 262 g/mol. The molecule has 2 heterocycles. The Kier molecular flexibility index (Phi) is 3.63. The molecule has 3 unspecified atom stereocenters. The van der Waals surface area contributed by atoms with Gasteiger partial charge in [0.2, 0.25) is 0 Å². The highest BCUT2D eigenvalue weighted by atomic mass is 15.3. The van der Waals surface area contributed by atoms with Crippen molar-refractivity contribution in [3.63, 3.8) is 0 Å². The minimum atomic E-state index is 0.361. The summed E-state index contributed by atoms with van der Waals surface area (Å²) in [5.41, 5.74) is 8.71. The summed E-state index contributed by atoms with van der Waals surface area (Å²) in [5, 5.41) is 4.40. The number of nitrogens with zero attached hydrogens (tertiary/aromatic N) is 3.